The van der Waals surface area contributed by atoms with Gasteiger partial charge in [-0.05, 0) is 29.8 Å². The summed E-state index contributed by atoms with van der Waals surface area (Å²) in [6.07, 6.45) is 0. The Labute approximate surface area is 124 Å². The van der Waals surface area contributed by atoms with E-state index in [4.69, 9.17) is 23.2 Å². The zero-order chi connectivity index (χ0) is 13.9. The van der Waals surface area contributed by atoms with E-state index in [1.54, 1.807) is 0 Å². The molecule has 2 aromatic carbocycles. The molecule has 0 aliphatic heterocycles. The molecule has 0 radical (unpaired) electrons. The predicted molar refractivity (Wildman–Crippen MR) is 83.5 cm³/mol. The zero-order valence-corrected chi connectivity index (χ0v) is 12.1. The number of imidazole rings is 1. The van der Waals surface area contributed by atoms with E-state index in [0.717, 1.165) is 32.8 Å². The zero-order valence-electron chi connectivity index (χ0n) is 10.6. The SMILES string of the molecule is Cn1c(Cl)nc2c3c(Cl)c4ccccc4nc3ccc21. The van der Waals surface area contributed by atoms with Gasteiger partial charge in [0.15, 0.2) is 0 Å². The van der Waals surface area contributed by atoms with Crippen molar-refractivity contribution in [2.45, 2.75) is 0 Å². The number of hydrogen-bond donors (Lipinski definition) is 0. The maximum Gasteiger partial charge on any atom is 0.203 e. The summed E-state index contributed by atoms with van der Waals surface area (Å²) >= 11 is 12.7. The third kappa shape index (κ3) is 1.48. The van der Waals surface area contributed by atoms with Crippen LogP contribution in [-0.4, -0.2) is 14.5 Å². The number of hydrogen-bond acceptors (Lipinski definition) is 2. The van der Waals surface area contributed by atoms with Crippen molar-refractivity contribution in [3.05, 3.63) is 46.7 Å². The quantitative estimate of drug-likeness (QED) is 0.445. The fourth-order valence-corrected chi connectivity index (χ4v) is 3.07. The summed E-state index contributed by atoms with van der Waals surface area (Å²) in [5, 5.41) is 2.89. The summed E-state index contributed by atoms with van der Waals surface area (Å²) in [4.78, 5) is 9.06. The fraction of sp³-hybridized carbons (Fsp3) is 0.0667. The normalized spacial score (nSPS) is 11.8. The van der Waals surface area contributed by atoms with Gasteiger partial charge in [0.1, 0.15) is 5.52 Å². The number of rotatable bonds is 0. The molecule has 0 saturated heterocycles. The molecule has 0 amide bonds. The van der Waals surface area contributed by atoms with Gasteiger partial charge in [-0.3, -0.25) is 0 Å². The molecule has 0 aliphatic carbocycles. The van der Waals surface area contributed by atoms with Crippen LogP contribution in [0.15, 0.2) is 36.4 Å². The van der Waals surface area contributed by atoms with E-state index >= 15 is 0 Å². The van der Waals surface area contributed by atoms with Crippen molar-refractivity contribution in [2.75, 3.05) is 0 Å². The van der Waals surface area contributed by atoms with Gasteiger partial charge in [-0.1, -0.05) is 29.8 Å². The highest BCUT2D eigenvalue weighted by molar-refractivity contribution is 6.42. The van der Waals surface area contributed by atoms with Gasteiger partial charge in [0, 0.05) is 17.8 Å². The second kappa shape index (κ2) is 4.08. The van der Waals surface area contributed by atoms with Crippen LogP contribution in [0.2, 0.25) is 10.3 Å². The summed E-state index contributed by atoms with van der Waals surface area (Å²) in [5.74, 6) is 0. The second-order valence-corrected chi connectivity index (χ2v) is 5.43. The average Bonchev–Trinajstić information content (AvgIpc) is 2.74. The van der Waals surface area contributed by atoms with E-state index in [1.165, 1.54) is 0 Å². The van der Waals surface area contributed by atoms with E-state index < -0.39 is 0 Å². The van der Waals surface area contributed by atoms with Crippen LogP contribution in [0.3, 0.4) is 0 Å². The number of benzene rings is 2. The van der Waals surface area contributed by atoms with Crippen molar-refractivity contribution >= 4 is 56.0 Å². The summed E-state index contributed by atoms with van der Waals surface area (Å²) in [6, 6.07) is 11.7. The first-order chi connectivity index (χ1) is 9.66. The summed E-state index contributed by atoms with van der Waals surface area (Å²) in [5.41, 5.74) is 3.45. The minimum atomic E-state index is 0.441. The average molecular weight is 302 g/mol. The largest absolute Gasteiger partial charge is 0.318 e. The highest BCUT2D eigenvalue weighted by Gasteiger charge is 2.14. The molecule has 3 nitrogen and oxygen atoms in total. The molecule has 0 saturated carbocycles. The third-order valence-corrected chi connectivity index (χ3v) is 4.31. The van der Waals surface area contributed by atoms with Gasteiger partial charge in [-0.2, -0.15) is 0 Å². The molecule has 0 fully saturated rings. The van der Waals surface area contributed by atoms with Crippen LogP contribution < -0.4 is 0 Å². The van der Waals surface area contributed by atoms with E-state index in [1.807, 2.05) is 48.0 Å². The Bertz CT molecular complexity index is 989. The van der Waals surface area contributed by atoms with Gasteiger partial charge < -0.3 is 4.57 Å². The van der Waals surface area contributed by atoms with Crippen molar-refractivity contribution < 1.29 is 0 Å². The van der Waals surface area contributed by atoms with Gasteiger partial charge >= 0.3 is 0 Å². The number of halogens is 2. The van der Waals surface area contributed by atoms with Crippen molar-refractivity contribution in [1.29, 1.82) is 0 Å². The van der Waals surface area contributed by atoms with Gasteiger partial charge in [-0.25, -0.2) is 9.97 Å². The van der Waals surface area contributed by atoms with Crippen molar-refractivity contribution in [3.63, 3.8) is 0 Å². The molecule has 4 rings (SSSR count). The number of aromatic nitrogens is 3. The molecule has 0 bridgehead atoms. The lowest BCUT2D eigenvalue weighted by atomic mass is 10.1. The maximum atomic E-state index is 6.58. The Morgan fingerprint density at radius 3 is 2.60 bits per heavy atom. The topological polar surface area (TPSA) is 30.7 Å². The van der Waals surface area contributed by atoms with Gasteiger partial charge in [0.25, 0.3) is 0 Å². The molecular weight excluding hydrogens is 293 g/mol. The molecule has 2 heterocycles. The Hall–Kier alpha value is -1.84. The smallest absolute Gasteiger partial charge is 0.203 e. The standard InChI is InChI=1S/C15H9Cl2N3/c1-20-11-7-6-10-12(14(11)19-15(20)17)13(16)8-4-2-3-5-9(8)18-10/h2-7H,1H3. The first kappa shape index (κ1) is 11.9. The number of nitrogens with zero attached hydrogens (tertiary/aromatic N) is 3. The highest BCUT2D eigenvalue weighted by atomic mass is 35.5. The molecule has 0 aliphatic rings. The van der Waals surface area contributed by atoms with E-state index in [9.17, 15) is 0 Å². The Kier molecular flexibility index (Phi) is 2.43. The van der Waals surface area contributed by atoms with E-state index in [0.29, 0.717) is 10.3 Å². The van der Waals surface area contributed by atoms with Crippen LogP contribution in [0.1, 0.15) is 0 Å². The minimum absolute atomic E-state index is 0.441. The number of para-hydroxylation sites is 1. The lowest BCUT2D eigenvalue weighted by molar-refractivity contribution is 0.949. The van der Waals surface area contributed by atoms with Crippen LogP contribution in [0.25, 0.3) is 32.8 Å². The first-order valence-corrected chi connectivity index (χ1v) is 6.91. The van der Waals surface area contributed by atoms with Gasteiger partial charge in [0.05, 0.1) is 21.6 Å². The second-order valence-electron chi connectivity index (χ2n) is 4.71. The van der Waals surface area contributed by atoms with Crippen LogP contribution in [0.4, 0.5) is 0 Å². The predicted octanol–water partition coefficient (Wildman–Crippen LogP) is 4.58. The lowest BCUT2D eigenvalue weighted by Gasteiger charge is -2.06. The number of aryl methyl sites for hydroxylation is 1. The lowest BCUT2D eigenvalue weighted by Crippen LogP contribution is -1.88. The Balaban J connectivity index is 2.32. The maximum absolute atomic E-state index is 6.58. The highest BCUT2D eigenvalue weighted by Crippen LogP contribution is 2.35. The fourth-order valence-electron chi connectivity index (χ4n) is 2.55. The van der Waals surface area contributed by atoms with Gasteiger partial charge in [0.2, 0.25) is 5.28 Å². The van der Waals surface area contributed by atoms with Crippen LogP contribution in [0.5, 0.6) is 0 Å². The molecule has 98 valence electrons. The summed E-state index contributed by atoms with van der Waals surface area (Å²) < 4.78 is 1.84. The first-order valence-electron chi connectivity index (χ1n) is 6.15. The molecule has 4 aromatic rings. The third-order valence-electron chi connectivity index (χ3n) is 3.58. The monoisotopic (exact) mass is 301 g/mol. The number of pyridine rings is 1. The van der Waals surface area contributed by atoms with Crippen LogP contribution in [0, 0.1) is 0 Å². The van der Waals surface area contributed by atoms with E-state index in [2.05, 4.69) is 9.97 Å². The molecule has 0 unspecified atom stereocenters. The molecule has 0 N–H and O–H groups in total. The number of fused-ring (bicyclic) bond motifs is 4. The molecule has 20 heavy (non-hydrogen) atoms. The minimum Gasteiger partial charge on any atom is -0.318 e. The van der Waals surface area contributed by atoms with Crippen LogP contribution >= 0.6 is 23.2 Å². The molecule has 0 spiro atoms. The molecular formula is C15H9Cl2N3. The summed E-state index contributed by atoms with van der Waals surface area (Å²) in [6.45, 7) is 0. The van der Waals surface area contributed by atoms with Gasteiger partial charge in [-0.15, -0.1) is 0 Å². The van der Waals surface area contributed by atoms with Crippen molar-refractivity contribution in [3.8, 4) is 0 Å². The molecule has 2 aromatic heterocycles. The van der Waals surface area contributed by atoms with Crippen molar-refractivity contribution in [2.24, 2.45) is 7.05 Å². The molecule has 5 heteroatoms. The summed E-state index contributed by atoms with van der Waals surface area (Å²) in [7, 11) is 1.88. The Morgan fingerprint density at radius 2 is 1.75 bits per heavy atom. The molecule has 0 atom stereocenters. The van der Waals surface area contributed by atoms with Crippen LogP contribution in [-0.2, 0) is 7.05 Å². The Morgan fingerprint density at radius 1 is 0.950 bits per heavy atom. The van der Waals surface area contributed by atoms with E-state index in [-0.39, 0.29) is 0 Å². The van der Waals surface area contributed by atoms with Crippen molar-refractivity contribution in [1.82, 2.24) is 14.5 Å².